The van der Waals surface area contributed by atoms with Crippen molar-refractivity contribution in [2.24, 2.45) is 0 Å². The van der Waals surface area contributed by atoms with Crippen molar-refractivity contribution in [2.75, 3.05) is 18.4 Å². The second-order valence-electron chi connectivity index (χ2n) is 5.11. The van der Waals surface area contributed by atoms with Crippen molar-refractivity contribution in [3.8, 4) is 0 Å². The lowest BCUT2D eigenvalue weighted by Crippen LogP contribution is -2.44. The van der Waals surface area contributed by atoms with E-state index in [-0.39, 0.29) is 11.9 Å². The molecule has 6 heteroatoms. The molecule has 1 saturated heterocycles. The average Bonchev–Trinajstić information content (AvgIpc) is 2.97. The molecule has 20 heavy (non-hydrogen) atoms. The molecule has 0 radical (unpaired) electrons. The van der Waals surface area contributed by atoms with Crippen molar-refractivity contribution in [3.05, 3.63) is 17.8 Å². The quantitative estimate of drug-likeness (QED) is 0.943. The first kappa shape index (κ1) is 13.3. The summed E-state index contributed by atoms with van der Waals surface area (Å²) < 4.78 is 1.01. The Morgan fingerprint density at radius 1 is 1.35 bits per heavy atom. The minimum atomic E-state index is -0.256. The summed E-state index contributed by atoms with van der Waals surface area (Å²) in [6.07, 6.45) is 4.99. The summed E-state index contributed by atoms with van der Waals surface area (Å²) in [5.41, 5.74) is 0.921. The number of anilines is 1. The summed E-state index contributed by atoms with van der Waals surface area (Å²) in [6.45, 7) is 3.66. The molecule has 1 aliphatic heterocycles. The molecule has 1 fully saturated rings. The summed E-state index contributed by atoms with van der Waals surface area (Å²) in [4.78, 5) is 22.8. The van der Waals surface area contributed by atoms with Crippen LogP contribution in [0.1, 0.15) is 26.2 Å². The Balaban J connectivity index is 1.73. The third-order valence-electron chi connectivity index (χ3n) is 3.63. The molecular formula is C14H18N4OS. The fourth-order valence-corrected chi connectivity index (χ4v) is 3.34. The lowest BCUT2D eigenvalue weighted by molar-refractivity contribution is -0.132. The molecule has 0 bridgehead atoms. The van der Waals surface area contributed by atoms with Crippen molar-refractivity contribution < 1.29 is 4.79 Å². The Hall–Kier alpha value is -1.69. The molecule has 1 atom stereocenters. The molecule has 2 aromatic heterocycles. The van der Waals surface area contributed by atoms with Gasteiger partial charge in [0.1, 0.15) is 18.2 Å². The number of aromatic nitrogens is 2. The van der Waals surface area contributed by atoms with E-state index in [1.807, 2.05) is 23.3 Å². The van der Waals surface area contributed by atoms with E-state index in [1.165, 1.54) is 12.7 Å². The van der Waals surface area contributed by atoms with Gasteiger partial charge in [0.15, 0.2) is 0 Å². The standard InChI is InChI=1S/C14H18N4OS/c1-10(14(19)18-6-3-2-4-7-18)17-13-12-11(5-8-20-12)15-9-16-13/h5,8-10H,2-4,6-7H2,1H3,(H,15,16,17)/t10-/m0/s1. The Labute approximate surface area is 122 Å². The normalized spacial score (nSPS) is 17.1. The van der Waals surface area contributed by atoms with Gasteiger partial charge in [-0.2, -0.15) is 0 Å². The van der Waals surface area contributed by atoms with E-state index >= 15 is 0 Å². The van der Waals surface area contributed by atoms with Crippen LogP contribution in [0.2, 0.25) is 0 Å². The number of amides is 1. The zero-order valence-corrected chi connectivity index (χ0v) is 12.3. The van der Waals surface area contributed by atoms with Crippen LogP contribution in [0.3, 0.4) is 0 Å². The second-order valence-corrected chi connectivity index (χ2v) is 6.03. The zero-order valence-electron chi connectivity index (χ0n) is 11.5. The van der Waals surface area contributed by atoms with E-state index in [9.17, 15) is 4.79 Å². The molecule has 0 saturated carbocycles. The largest absolute Gasteiger partial charge is 0.357 e. The highest BCUT2D eigenvalue weighted by molar-refractivity contribution is 7.17. The Bertz CT molecular complexity index is 606. The summed E-state index contributed by atoms with van der Waals surface area (Å²) in [5, 5.41) is 5.22. The third-order valence-corrected chi connectivity index (χ3v) is 4.54. The summed E-state index contributed by atoms with van der Waals surface area (Å²) >= 11 is 1.59. The number of piperidine rings is 1. The molecule has 3 heterocycles. The number of hydrogen-bond acceptors (Lipinski definition) is 5. The van der Waals surface area contributed by atoms with Gasteiger partial charge in [0.2, 0.25) is 5.91 Å². The molecule has 3 rings (SSSR count). The highest BCUT2D eigenvalue weighted by Crippen LogP contribution is 2.25. The van der Waals surface area contributed by atoms with Crippen molar-refractivity contribution in [1.29, 1.82) is 0 Å². The Kier molecular flexibility index (Phi) is 3.82. The monoisotopic (exact) mass is 290 g/mol. The topological polar surface area (TPSA) is 58.1 Å². The highest BCUT2D eigenvalue weighted by Gasteiger charge is 2.22. The average molecular weight is 290 g/mol. The number of rotatable bonds is 3. The number of fused-ring (bicyclic) bond motifs is 1. The second kappa shape index (κ2) is 5.75. The van der Waals surface area contributed by atoms with Crippen LogP contribution < -0.4 is 5.32 Å². The van der Waals surface area contributed by atoms with Crippen molar-refractivity contribution in [2.45, 2.75) is 32.2 Å². The van der Waals surface area contributed by atoms with Gasteiger partial charge in [0.05, 0.1) is 10.2 Å². The van der Waals surface area contributed by atoms with Gasteiger partial charge in [-0.15, -0.1) is 11.3 Å². The van der Waals surface area contributed by atoms with Crippen LogP contribution in [0.4, 0.5) is 5.82 Å². The van der Waals surface area contributed by atoms with Gasteiger partial charge in [-0.05, 0) is 37.6 Å². The van der Waals surface area contributed by atoms with Crippen LogP contribution in [-0.2, 0) is 4.79 Å². The van der Waals surface area contributed by atoms with Crippen molar-refractivity contribution in [1.82, 2.24) is 14.9 Å². The number of carbonyl (C=O) groups is 1. The van der Waals surface area contributed by atoms with Gasteiger partial charge in [-0.3, -0.25) is 4.79 Å². The number of thiophene rings is 1. The fourth-order valence-electron chi connectivity index (χ4n) is 2.55. The van der Waals surface area contributed by atoms with E-state index in [0.29, 0.717) is 0 Å². The maximum Gasteiger partial charge on any atom is 0.244 e. The number of hydrogen-bond donors (Lipinski definition) is 1. The first-order valence-corrected chi connectivity index (χ1v) is 7.87. The van der Waals surface area contributed by atoms with Gasteiger partial charge in [0.25, 0.3) is 0 Å². The lowest BCUT2D eigenvalue weighted by atomic mass is 10.1. The first-order chi connectivity index (χ1) is 9.75. The Morgan fingerprint density at radius 2 is 2.15 bits per heavy atom. The first-order valence-electron chi connectivity index (χ1n) is 6.99. The van der Waals surface area contributed by atoms with Crippen LogP contribution in [0.15, 0.2) is 17.8 Å². The molecule has 0 unspecified atom stereocenters. The summed E-state index contributed by atoms with van der Waals surface area (Å²) in [6, 6.07) is 1.71. The minimum absolute atomic E-state index is 0.160. The molecule has 0 aliphatic carbocycles. The fraction of sp³-hybridized carbons (Fsp3) is 0.500. The van der Waals surface area contributed by atoms with Crippen LogP contribution in [0, 0.1) is 0 Å². The number of nitrogens with zero attached hydrogens (tertiary/aromatic N) is 3. The minimum Gasteiger partial charge on any atom is -0.357 e. The number of likely N-dealkylation sites (tertiary alicyclic amines) is 1. The van der Waals surface area contributed by atoms with Crippen LogP contribution in [0.25, 0.3) is 10.2 Å². The predicted molar refractivity (Wildman–Crippen MR) is 80.9 cm³/mol. The van der Waals surface area contributed by atoms with Crippen LogP contribution >= 0.6 is 11.3 Å². The Morgan fingerprint density at radius 3 is 2.95 bits per heavy atom. The third kappa shape index (κ3) is 2.60. The SMILES string of the molecule is C[C@H](Nc1ncnc2ccsc12)C(=O)N1CCCCC1. The van der Waals surface area contributed by atoms with Crippen LogP contribution in [-0.4, -0.2) is 39.9 Å². The van der Waals surface area contributed by atoms with Crippen molar-refractivity contribution in [3.63, 3.8) is 0 Å². The maximum atomic E-state index is 12.4. The van der Waals surface area contributed by atoms with Gasteiger partial charge in [-0.1, -0.05) is 0 Å². The molecule has 5 nitrogen and oxygen atoms in total. The maximum absolute atomic E-state index is 12.4. The summed E-state index contributed by atoms with van der Waals surface area (Å²) in [7, 11) is 0. The molecular weight excluding hydrogens is 272 g/mol. The van der Waals surface area contributed by atoms with E-state index < -0.39 is 0 Å². The molecule has 2 aromatic rings. The molecule has 0 aromatic carbocycles. The highest BCUT2D eigenvalue weighted by atomic mass is 32.1. The molecule has 106 valence electrons. The van der Waals surface area contributed by atoms with Gasteiger partial charge < -0.3 is 10.2 Å². The van der Waals surface area contributed by atoms with E-state index in [1.54, 1.807) is 11.3 Å². The van der Waals surface area contributed by atoms with Crippen molar-refractivity contribution >= 4 is 33.3 Å². The zero-order chi connectivity index (χ0) is 13.9. The molecule has 0 spiro atoms. The van der Waals surface area contributed by atoms with Gasteiger partial charge in [0, 0.05) is 13.1 Å². The summed E-state index contributed by atoms with van der Waals surface area (Å²) in [5.74, 6) is 0.913. The van der Waals surface area contributed by atoms with Gasteiger partial charge in [-0.25, -0.2) is 9.97 Å². The van der Waals surface area contributed by atoms with Gasteiger partial charge >= 0.3 is 0 Å². The number of carbonyl (C=O) groups excluding carboxylic acids is 1. The van der Waals surface area contributed by atoms with E-state index in [0.717, 1.165) is 42.0 Å². The van der Waals surface area contributed by atoms with Crippen LogP contribution in [0.5, 0.6) is 0 Å². The molecule has 1 amide bonds. The van der Waals surface area contributed by atoms with E-state index in [4.69, 9.17) is 0 Å². The predicted octanol–water partition coefficient (Wildman–Crippen LogP) is 2.50. The smallest absolute Gasteiger partial charge is 0.244 e. The number of nitrogens with one attached hydrogen (secondary N) is 1. The van der Waals surface area contributed by atoms with E-state index in [2.05, 4.69) is 15.3 Å². The molecule has 1 N–H and O–H groups in total. The lowest BCUT2D eigenvalue weighted by Gasteiger charge is -2.29. The molecule has 1 aliphatic rings.